The lowest BCUT2D eigenvalue weighted by Gasteiger charge is -2.08. The fourth-order valence-corrected chi connectivity index (χ4v) is 1.73. The van der Waals surface area contributed by atoms with Gasteiger partial charge in [-0.15, -0.1) is 0 Å². The number of aromatic hydroxyl groups is 1. The summed E-state index contributed by atoms with van der Waals surface area (Å²) in [6.45, 7) is 0.842. The van der Waals surface area contributed by atoms with Gasteiger partial charge < -0.3 is 9.67 Å². The number of halogens is 1. The third-order valence-electron chi connectivity index (χ3n) is 2.72. The van der Waals surface area contributed by atoms with Crippen LogP contribution in [0.4, 0.5) is 4.39 Å². The molecular weight excluding hydrogens is 255 g/mol. The van der Waals surface area contributed by atoms with E-state index in [-0.39, 0.29) is 6.54 Å². The molecule has 0 saturated carbocycles. The van der Waals surface area contributed by atoms with Crippen LogP contribution in [-0.2, 0) is 13.1 Å². The summed E-state index contributed by atoms with van der Waals surface area (Å²) in [5, 5.41) is 9.40. The van der Waals surface area contributed by atoms with Crippen molar-refractivity contribution in [3.05, 3.63) is 45.4 Å². The van der Waals surface area contributed by atoms with Crippen LogP contribution in [0, 0.1) is 5.82 Å². The van der Waals surface area contributed by atoms with Crippen molar-refractivity contribution in [2.45, 2.75) is 25.9 Å². The molecule has 2 heterocycles. The zero-order valence-electron chi connectivity index (χ0n) is 10.0. The molecular formula is C11H13FN4O3. The average molecular weight is 268 g/mol. The van der Waals surface area contributed by atoms with Crippen LogP contribution >= 0.6 is 0 Å². The van der Waals surface area contributed by atoms with Crippen molar-refractivity contribution >= 4 is 0 Å². The van der Waals surface area contributed by atoms with Crippen LogP contribution in [0.2, 0.25) is 0 Å². The summed E-state index contributed by atoms with van der Waals surface area (Å²) in [5.41, 5.74) is -2.02. The maximum Gasteiger partial charge on any atom is 0.331 e. The van der Waals surface area contributed by atoms with Gasteiger partial charge in [-0.25, -0.2) is 9.78 Å². The second-order valence-electron chi connectivity index (χ2n) is 4.06. The summed E-state index contributed by atoms with van der Waals surface area (Å²) >= 11 is 0. The molecule has 0 aliphatic rings. The predicted molar refractivity (Wildman–Crippen MR) is 64.4 cm³/mol. The Hall–Kier alpha value is -2.38. The molecule has 2 N–H and O–H groups in total. The predicted octanol–water partition coefficient (Wildman–Crippen LogP) is 0.0582. The topological polar surface area (TPSA) is 92.9 Å². The number of aryl methyl sites for hydroxylation is 1. The molecule has 0 spiro atoms. The standard InChI is InChI=1S/C11H13FN4O3/c12-8-9(17)14-11(19)16(10(8)18)5-2-1-4-15-6-3-13-7-15/h3,6-7,18H,1-2,4-5H2,(H,14,17,19). The van der Waals surface area contributed by atoms with E-state index in [4.69, 9.17) is 0 Å². The van der Waals surface area contributed by atoms with Gasteiger partial charge in [-0.05, 0) is 12.8 Å². The molecule has 7 nitrogen and oxygen atoms in total. The molecule has 0 radical (unpaired) electrons. The average Bonchev–Trinajstić information content (AvgIpc) is 2.88. The van der Waals surface area contributed by atoms with E-state index in [1.165, 1.54) is 0 Å². The quantitative estimate of drug-likeness (QED) is 0.750. The van der Waals surface area contributed by atoms with Gasteiger partial charge >= 0.3 is 5.69 Å². The number of unbranched alkanes of at least 4 members (excludes halogenated alkanes) is 1. The minimum atomic E-state index is -1.34. The van der Waals surface area contributed by atoms with Crippen LogP contribution in [0.15, 0.2) is 28.3 Å². The number of nitrogens with one attached hydrogen (secondary N) is 1. The Morgan fingerprint density at radius 1 is 1.32 bits per heavy atom. The van der Waals surface area contributed by atoms with Gasteiger partial charge in [0.15, 0.2) is 0 Å². The molecule has 0 atom stereocenters. The van der Waals surface area contributed by atoms with Crippen LogP contribution in [0.3, 0.4) is 0 Å². The maximum atomic E-state index is 13.1. The van der Waals surface area contributed by atoms with Crippen molar-refractivity contribution < 1.29 is 9.50 Å². The van der Waals surface area contributed by atoms with Gasteiger partial charge in [0, 0.05) is 25.5 Å². The van der Waals surface area contributed by atoms with Crippen LogP contribution in [-0.4, -0.2) is 24.2 Å². The molecule has 0 bridgehead atoms. The number of hydrogen-bond acceptors (Lipinski definition) is 4. The smallest absolute Gasteiger partial charge is 0.331 e. The van der Waals surface area contributed by atoms with Gasteiger partial charge in [0.25, 0.3) is 5.56 Å². The number of rotatable bonds is 5. The number of imidazole rings is 1. The number of aromatic amines is 1. The van der Waals surface area contributed by atoms with Crippen molar-refractivity contribution in [3.8, 4) is 5.88 Å². The van der Waals surface area contributed by atoms with Crippen LogP contribution in [0.5, 0.6) is 5.88 Å². The molecule has 0 fully saturated rings. The van der Waals surface area contributed by atoms with Gasteiger partial charge in [0.1, 0.15) is 0 Å². The first-order valence-electron chi connectivity index (χ1n) is 5.77. The van der Waals surface area contributed by atoms with Crippen molar-refractivity contribution in [2.75, 3.05) is 0 Å². The third-order valence-corrected chi connectivity index (χ3v) is 2.72. The molecule has 0 unspecified atom stereocenters. The van der Waals surface area contributed by atoms with Crippen molar-refractivity contribution in [3.63, 3.8) is 0 Å². The van der Waals surface area contributed by atoms with E-state index in [2.05, 4.69) is 4.98 Å². The Balaban J connectivity index is 1.98. The van der Waals surface area contributed by atoms with Crippen LogP contribution in [0.1, 0.15) is 12.8 Å². The second-order valence-corrected chi connectivity index (χ2v) is 4.06. The van der Waals surface area contributed by atoms with Crippen LogP contribution < -0.4 is 11.2 Å². The zero-order chi connectivity index (χ0) is 13.8. The second kappa shape index (κ2) is 5.51. The molecule has 0 saturated heterocycles. The monoisotopic (exact) mass is 268 g/mol. The Morgan fingerprint density at radius 3 is 2.74 bits per heavy atom. The summed E-state index contributed by atoms with van der Waals surface area (Å²) in [6.07, 6.45) is 6.42. The normalized spacial score (nSPS) is 10.8. The lowest BCUT2D eigenvalue weighted by molar-refractivity contribution is 0.354. The maximum absolute atomic E-state index is 13.1. The van der Waals surface area contributed by atoms with E-state index in [0.717, 1.165) is 11.0 Å². The largest absolute Gasteiger partial charge is 0.492 e. The molecule has 0 aromatic carbocycles. The van der Waals surface area contributed by atoms with Crippen molar-refractivity contribution in [1.29, 1.82) is 0 Å². The molecule has 2 aromatic heterocycles. The number of aromatic nitrogens is 4. The van der Waals surface area contributed by atoms with E-state index < -0.39 is 22.9 Å². The fourth-order valence-electron chi connectivity index (χ4n) is 1.73. The fraction of sp³-hybridized carbons (Fsp3) is 0.364. The first-order chi connectivity index (χ1) is 9.09. The third kappa shape index (κ3) is 2.90. The summed E-state index contributed by atoms with van der Waals surface area (Å²) in [6, 6.07) is 0. The molecule has 2 rings (SSSR count). The van der Waals surface area contributed by atoms with Gasteiger partial charge in [-0.1, -0.05) is 0 Å². The van der Waals surface area contributed by atoms with Crippen molar-refractivity contribution in [1.82, 2.24) is 19.1 Å². The zero-order valence-corrected chi connectivity index (χ0v) is 10.0. The van der Waals surface area contributed by atoms with Gasteiger partial charge in [-0.3, -0.25) is 14.3 Å². The van der Waals surface area contributed by atoms with E-state index in [0.29, 0.717) is 13.0 Å². The molecule has 102 valence electrons. The van der Waals surface area contributed by atoms with Gasteiger partial charge in [0.05, 0.1) is 6.33 Å². The molecule has 19 heavy (non-hydrogen) atoms. The highest BCUT2D eigenvalue weighted by molar-refractivity contribution is 5.09. The van der Waals surface area contributed by atoms with Crippen LogP contribution in [0.25, 0.3) is 0 Å². The van der Waals surface area contributed by atoms with E-state index in [9.17, 15) is 19.1 Å². The molecule has 8 heteroatoms. The Morgan fingerprint density at radius 2 is 2.05 bits per heavy atom. The summed E-state index contributed by atoms with van der Waals surface area (Å²) in [5.74, 6) is -2.26. The van der Waals surface area contributed by atoms with E-state index in [1.807, 2.05) is 10.8 Å². The molecule has 2 aromatic rings. The first-order valence-corrected chi connectivity index (χ1v) is 5.77. The van der Waals surface area contributed by atoms with E-state index in [1.54, 1.807) is 17.5 Å². The van der Waals surface area contributed by atoms with Gasteiger partial charge in [-0.2, -0.15) is 4.39 Å². The van der Waals surface area contributed by atoms with E-state index >= 15 is 0 Å². The minimum Gasteiger partial charge on any atom is -0.492 e. The minimum absolute atomic E-state index is 0.132. The number of nitrogens with zero attached hydrogens (tertiary/aromatic N) is 3. The molecule has 0 aliphatic carbocycles. The lowest BCUT2D eigenvalue weighted by atomic mass is 10.3. The Bertz CT molecular complexity index is 660. The summed E-state index contributed by atoms with van der Waals surface area (Å²) in [7, 11) is 0. The number of hydrogen-bond donors (Lipinski definition) is 2. The highest BCUT2D eigenvalue weighted by Gasteiger charge is 2.12. The van der Waals surface area contributed by atoms with Crippen molar-refractivity contribution in [2.24, 2.45) is 0 Å². The molecule has 0 amide bonds. The summed E-state index contributed by atoms with van der Waals surface area (Å²) < 4.78 is 15.8. The molecule has 0 aliphatic heterocycles. The lowest BCUT2D eigenvalue weighted by Crippen LogP contribution is -2.32. The SMILES string of the molecule is O=c1[nH]c(=O)n(CCCCn2ccnc2)c(O)c1F. The number of H-pyrrole nitrogens is 1. The first kappa shape index (κ1) is 13.1. The Kier molecular flexibility index (Phi) is 3.79. The Labute approximate surface area is 107 Å². The van der Waals surface area contributed by atoms with Gasteiger partial charge in [0.2, 0.25) is 11.7 Å². The highest BCUT2D eigenvalue weighted by Crippen LogP contribution is 2.08. The highest BCUT2D eigenvalue weighted by atomic mass is 19.1. The summed E-state index contributed by atoms with van der Waals surface area (Å²) in [4.78, 5) is 28.0.